The minimum absolute atomic E-state index is 0.00530. The van der Waals surface area contributed by atoms with Crippen molar-refractivity contribution in [2.24, 2.45) is 23.7 Å². The lowest BCUT2D eigenvalue weighted by Crippen LogP contribution is -2.59. The van der Waals surface area contributed by atoms with E-state index in [-0.39, 0.29) is 68.3 Å². The SMILES string of the molecule is CCCCCCCCCCCCOC(=O)CC[C@H](NC(=O)[C@H](CC(C)C)NC(=O)[C@H](CC(C)C)NC(=O)[C@H](CC(C)C)NC(=O)[C@H](CC(C)C)NC(=O)CCCCCCCCC[N+](C)(C)C)C(=O)OCCCCCCCCCCCC. The van der Waals surface area contributed by atoms with Gasteiger partial charge in [0.1, 0.15) is 30.2 Å². The first-order valence-electron chi connectivity index (χ1n) is 33.1. The second kappa shape index (κ2) is 48.6. The molecule has 0 bridgehead atoms. The standard InChI is InChI=1S/C66H126N6O9/c1-14-16-18-20-22-24-26-31-35-39-45-80-61(74)43-42-55(66(79)81-46-40-36-32-27-25-23-21-19-17-15-2)68-63(76)57(48-52(5)6)70-65(78)59(50-54(9)10)71-64(77)58(49-53(7)8)69-62(75)56(47-51(3)4)67-60(73)41-37-33-29-28-30-34-38-44-72(11,12)13/h51-59H,14-50H2,1-13H3,(H4-,67,68,69,70,71,73,75,76,77,78)/p+1/t55-,56-,57-,58-,59-/m0/s1. The second-order valence-corrected chi connectivity index (χ2v) is 26.4. The zero-order valence-corrected chi connectivity index (χ0v) is 54.5. The van der Waals surface area contributed by atoms with Crippen molar-refractivity contribution in [3.05, 3.63) is 0 Å². The van der Waals surface area contributed by atoms with Crippen molar-refractivity contribution in [2.75, 3.05) is 40.9 Å². The molecule has 15 heteroatoms. The van der Waals surface area contributed by atoms with Crippen LogP contribution < -0.4 is 26.6 Å². The molecule has 474 valence electrons. The van der Waals surface area contributed by atoms with Gasteiger partial charge in [-0.15, -0.1) is 0 Å². The van der Waals surface area contributed by atoms with Crippen LogP contribution >= 0.6 is 0 Å². The molecule has 0 aliphatic heterocycles. The Labute approximate surface area is 496 Å². The lowest BCUT2D eigenvalue weighted by Gasteiger charge is -2.29. The van der Waals surface area contributed by atoms with Crippen LogP contribution in [0, 0.1) is 23.7 Å². The van der Waals surface area contributed by atoms with E-state index >= 15 is 0 Å². The topological polar surface area (TPSA) is 198 Å². The molecule has 0 rings (SSSR count). The molecule has 5 amide bonds. The molecule has 0 fully saturated rings. The van der Waals surface area contributed by atoms with Crippen LogP contribution in [0.2, 0.25) is 0 Å². The third-order valence-corrected chi connectivity index (χ3v) is 14.9. The van der Waals surface area contributed by atoms with Crippen molar-refractivity contribution < 1.29 is 47.5 Å². The molecule has 15 nitrogen and oxygen atoms in total. The molecular weight excluding hydrogens is 1020 g/mol. The highest BCUT2D eigenvalue weighted by Gasteiger charge is 2.34. The Morgan fingerprint density at radius 3 is 0.988 bits per heavy atom. The fourth-order valence-electron chi connectivity index (χ4n) is 10.1. The van der Waals surface area contributed by atoms with Crippen LogP contribution in [0.1, 0.15) is 288 Å². The van der Waals surface area contributed by atoms with Gasteiger partial charge in [0.25, 0.3) is 0 Å². The minimum atomic E-state index is -1.16. The lowest BCUT2D eigenvalue weighted by molar-refractivity contribution is -0.870. The summed E-state index contributed by atoms with van der Waals surface area (Å²) in [5, 5.41) is 14.5. The summed E-state index contributed by atoms with van der Waals surface area (Å²) in [5.41, 5.74) is 0. The Bertz CT molecular complexity index is 1670. The average molecular weight is 1150 g/mol. The number of hydrogen-bond acceptors (Lipinski definition) is 9. The van der Waals surface area contributed by atoms with E-state index in [1.54, 1.807) is 0 Å². The predicted molar refractivity (Wildman–Crippen MR) is 332 cm³/mol. The van der Waals surface area contributed by atoms with Gasteiger partial charge in [0, 0.05) is 12.8 Å². The van der Waals surface area contributed by atoms with Gasteiger partial charge in [0.05, 0.1) is 40.9 Å². The number of rotatable bonds is 53. The third-order valence-electron chi connectivity index (χ3n) is 14.9. The van der Waals surface area contributed by atoms with Crippen LogP contribution in [0.25, 0.3) is 0 Å². The molecule has 0 aliphatic carbocycles. The quantitative estimate of drug-likeness (QED) is 0.0223. The molecule has 0 aromatic rings. The molecular formula is C66H127N6O9+. The van der Waals surface area contributed by atoms with Crippen molar-refractivity contribution in [2.45, 2.75) is 318 Å². The predicted octanol–water partition coefficient (Wildman–Crippen LogP) is 13.1. The largest absolute Gasteiger partial charge is 0.466 e. The van der Waals surface area contributed by atoms with Gasteiger partial charge in [0.15, 0.2) is 0 Å². The molecule has 0 radical (unpaired) electrons. The third kappa shape index (κ3) is 45.4. The highest BCUT2D eigenvalue weighted by atomic mass is 16.5. The number of quaternary nitrogens is 1. The summed E-state index contributed by atoms with van der Waals surface area (Å²) < 4.78 is 12.3. The Hall–Kier alpha value is -3.75. The molecule has 81 heavy (non-hydrogen) atoms. The van der Waals surface area contributed by atoms with Gasteiger partial charge >= 0.3 is 11.9 Å². The Balaban J connectivity index is 6.00. The van der Waals surface area contributed by atoms with Crippen LogP contribution in [0.15, 0.2) is 0 Å². The van der Waals surface area contributed by atoms with Gasteiger partial charge in [-0.2, -0.15) is 0 Å². The number of carbonyl (C=O) groups excluding carboxylic acids is 7. The number of amides is 5. The maximum Gasteiger partial charge on any atom is 0.328 e. The first kappa shape index (κ1) is 77.2. The number of nitrogens with one attached hydrogen (secondary N) is 5. The number of ether oxygens (including phenoxy) is 2. The highest BCUT2D eigenvalue weighted by molar-refractivity contribution is 5.96. The van der Waals surface area contributed by atoms with E-state index < -0.39 is 65.8 Å². The minimum Gasteiger partial charge on any atom is -0.466 e. The van der Waals surface area contributed by atoms with E-state index in [1.165, 1.54) is 103 Å². The van der Waals surface area contributed by atoms with Gasteiger partial charge in [0.2, 0.25) is 29.5 Å². The monoisotopic (exact) mass is 1150 g/mol. The van der Waals surface area contributed by atoms with E-state index in [0.29, 0.717) is 25.9 Å². The second-order valence-electron chi connectivity index (χ2n) is 26.4. The van der Waals surface area contributed by atoms with Gasteiger partial charge in [-0.25, -0.2) is 4.79 Å². The first-order valence-corrected chi connectivity index (χ1v) is 33.1. The van der Waals surface area contributed by atoms with Crippen molar-refractivity contribution in [1.29, 1.82) is 0 Å². The molecule has 0 spiro atoms. The van der Waals surface area contributed by atoms with E-state index in [9.17, 15) is 33.6 Å². The number of esters is 2. The van der Waals surface area contributed by atoms with Crippen LogP contribution in [0.3, 0.4) is 0 Å². The van der Waals surface area contributed by atoms with Gasteiger partial charge < -0.3 is 40.5 Å². The zero-order chi connectivity index (χ0) is 60.9. The molecule has 0 aliphatic rings. The lowest BCUT2D eigenvalue weighted by atomic mass is 9.98. The van der Waals surface area contributed by atoms with Crippen molar-refractivity contribution >= 4 is 41.5 Å². The van der Waals surface area contributed by atoms with Gasteiger partial charge in [-0.1, -0.05) is 210 Å². The van der Waals surface area contributed by atoms with Gasteiger partial charge in [-0.05, 0) is 87.9 Å². The summed E-state index contributed by atoms with van der Waals surface area (Å²) in [6.45, 7) is 21.7. The smallest absolute Gasteiger partial charge is 0.328 e. The molecule has 0 heterocycles. The number of nitrogens with zero attached hydrogens (tertiary/aromatic N) is 1. The number of hydrogen-bond donors (Lipinski definition) is 5. The van der Waals surface area contributed by atoms with E-state index in [0.717, 1.165) is 75.2 Å². The maximum absolute atomic E-state index is 14.4. The summed E-state index contributed by atoms with van der Waals surface area (Å²) >= 11 is 0. The summed E-state index contributed by atoms with van der Waals surface area (Å²) in [4.78, 5) is 96.9. The molecule has 5 atom stereocenters. The fourth-order valence-corrected chi connectivity index (χ4v) is 10.1. The van der Waals surface area contributed by atoms with E-state index in [2.05, 4.69) is 61.6 Å². The summed E-state index contributed by atoms with van der Waals surface area (Å²) in [6.07, 6.45) is 31.8. The number of unbranched alkanes of at least 4 members (excludes halogenated alkanes) is 24. The summed E-state index contributed by atoms with van der Waals surface area (Å²) in [6, 6.07) is -5.15. The number of carbonyl (C=O) groups is 7. The highest BCUT2D eigenvalue weighted by Crippen LogP contribution is 2.17. The maximum atomic E-state index is 14.4. The van der Waals surface area contributed by atoms with Crippen molar-refractivity contribution in [3.8, 4) is 0 Å². The molecule has 0 saturated heterocycles. The molecule has 0 saturated carbocycles. The van der Waals surface area contributed by atoms with Crippen LogP contribution in [0.4, 0.5) is 0 Å². The van der Waals surface area contributed by atoms with Crippen molar-refractivity contribution in [1.82, 2.24) is 26.6 Å². The van der Waals surface area contributed by atoms with E-state index in [1.807, 2.05) is 55.4 Å². The molecule has 5 N–H and O–H groups in total. The summed E-state index contributed by atoms with van der Waals surface area (Å²) in [5.74, 6) is -3.47. The molecule has 0 aromatic heterocycles. The molecule has 0 unspecified atom stereocenters. The Morgan fingerprint density at radius 2 is 0.642 bits per heavy atom. The Kier molecular flexibility index (Phi) is 46.4. The molecule has 0 aromatic carbocycles. The zero-order valence-electron chi connectivity index (χ0n) is 54.5. The normalized spacial score (nSPS) is 13.6. The van der Waals surface area contributed by atoms with Crippen LogP contribution in [0.5, 0.6) is 0 Å². The van der Waals surface area contributed by atoms with Gasteiger partial charge in [-0.3, -0.25) is 28.8 Å². The van der Waals surface area contributed by atoms with E-state index in [4.69, 9.17) is 9.47 Å². The van der Waals surface area contributed by atoms with Crippen LogP contribution in [-0.2, 0) is 43.0 Å². The fraction of sp³-hybridized carbons (Fsp3) is 0.894. The Morgan fingerprint density at radius 1 is 0.346 bits per heavy atom. The average Bonchev–Trinajstić information content (AvgIpc) is 3.38. The van der Waals surface area contributed by atoms with Crippen molar-refractivity contribution in [3.63, 3.8) is 0 Å². The summed E-state index contributed by atoms with van der Waals surface area (Å²) in [7, 11) is 6.64. The first-order chi connectivity index (χ1) is 38.5. The van der Waals surface area contributed by atoms with Crippen LogP contribution in [-0.4, -0.2) is 117 Å².